The van der Waals surface area contributed by atoms with E-state index in [4.69, 9.17) is 5.26 Å². The third-order valence-corrected chi connectivity index (χ3v) is 3.13. The van der Waals surface area contributed by atoms with Crippen molar-refractivity contribution >= 4 is 22.1 Å². The largest absolute Gasteiger partial charge is 0.354 e. The number of halogens is 1. The average molecular weight is 262 g/mol. The van der Waals surface area contributed by atoms with Gasteiger partial charge in [0, 0.05) is 5.69 Å². The van der Waals surface area contributed by atoms with Crippen LogP contribution in [0.25, 0.3) is 10.8 Å². The van der Waals surface area contributed by atoms with Crippen molar-refractivity contribution in [3.63, 3.8) is 0 Å². The van der Waals surface area contributed by atoms with Crippen molar-refractivity contribution in [1.82, 2.24) is 0 Å². The number of benzene rings is 3. The van der Waals surface area contributed by atoms with Gasteiger partial charge < -0.3 is 5.32 Å². The van der Waals surface area contributed by atoms with Gasteiger partial charge in [0.2, 0.25) is 0 Å². The number of hydrogen-bond donors (Lipinski definition) is 1. The van der Waals surface area contributed by atoms with Gasteiger partial charge in [-0.3, -0.25) is 0 Å². The summed E-state index contributed by atoms with van der Waals surface area (Å²) in [5, 5.41) is 14.4. The summed E-state index contributed by atoms with van der Waals surface area (Å²) in [4.78, 5) is 0. The van der Waals surface area contributed by atoms with Crippen molar-refractivity contribution in [3.05, 3.63) is 72.0 Å². The molecule has 0 saturated heterocycles. The van der Waals surface area contributed by atoms with Gasteiger partial charge in [0.1, 0.15) is 11.9 Å². The minimum atomic E-state index is -0.411. The van der Waals surface area contributed by atoms with Gasteiger partial charge in [-0.05, 0) is 41.1 Å². The summed E-state index contributed by atoms with van der Waals surface area (Å²) in [5.41, 5.74) is 1.76. The monoisotopic (exact) mass is 262 g/mol. The molecule has 0 saturated carbocycles. The molecule has 2 nitrogen and oxygen atoms in total. The first-order valence-electron chi connectivity index (χ1n) is 6.22. The summed E-state index contributed by atoms with van der Waals surface area (Å²) < 4.78 is 13.1. The Morgan fingerprint density at radius 1 is 0.900 bits per heavy atom. The van der Waals surface area contributed by atoms with Crippen LogP contribution >= 0.6 is 0 Å². The highest BCUT2D eigenvalue weighted by molar-refractivity contribution is 5.86. The SMILES string of the molecule is N#Cc1cc(F)ccc1Nc1ccc2ccccc2c1. The minimum Gasteiger partial charge on any atom is -0.354 e. The molecule has 0 unspecified atom stereocenters. The van der Waals surface area contributed by atoms with Crippen LogP contribution in [-0.2, 0) is 0 Å². The summed E-state index contributed by atoms with van der Waals surface area (Å²) in [6, 6.07) is 20.1. The molecule has 3 rings (SSSR count). The number of nitrogens with zero attached hydrogens (tertiary/aromatic N) is 1. The van der Waals surface area contributed by atoms with Crippen molar-refractivity contribution in [2.75, 3.05) is 5.32 Å². The maximum absolute atomic E-state index is 13.1. The molecule has 0 fully saturated rings. The van der Waals surface area contributed by atoms with Gasteiger partial charge in [-0.2, -0.15) is 5.26 Å². The zero-order chi connectivity index (χ0) is 13.9. The quantitative estimate of drug-likeness (QED) is 0.733. The third kappa shape index (κ3) is 2.32. The summed E-state index contributed by atoms with van der Waals surface area (Å²) in [6.07, 6.45) is 0. The second kappa shape index (κ2) is 5.02. The van der Waals surface area contributed by atoms with Crippen LogP contribution in [0.15, 0.2) is 60.7 Å². The lowest BCUT2D eigenvalue weighted by molar-refractivity contribution is 0.627. The molecule has 0 aliphatic carbocycles. The Hall–Kier alpha value is -2.86. The number of nitriles is 1. The molecule has 0 heterocycles. The van der Waals surface area contributed by atoms with Gasteiger partial charge in [-0.1, -0.05) is 30.3 Å². The Balaban J connectivity index is 1.99. The highest BCUT2D eigenvalue weighted by Crippen LogP contribution is 2.24. The van der Waals surface area contributed by atoms with Crippen molar-refractivity contribution in [2.24, 2.45) is 0 Å². The lowest BCUT2D eigenvalue weighted by Crippen LogP contribution is -1.94. The average Bonchev–Trinajstić information content (AvgIpc) is 2.49. The van der Waals surface area contributed by atoms with Crippen LogP contribution in [0.3, 0.4) is 0 Å². The highest BCUT2D eigenvalue weighted by atomic mass is 19.1. The summed E-state index contributed by atoms with van der Waals surface area (Å²) in [7, 11) is 0. The summed E-state index contributed by atoms with van der Waals surface area (Å²) in [6.45, 7) is 0. The van der Waals surface area contributed by atoms with Gasteiger partial charge in [-0.15, -0.1) is 0 Å². The predicted molar refractivity (Wildman–Crippen MR) is 78.3 cm³/mol. The topological polar surface area (TPSA) is 35.8 Å². The van der Waals surface area contributed by atoms with E-state index in [0.29, 0.717) is 5.69 Å². The summed E-state index contributed by atoms with van der Waals surface area (Å²) >= 11 is 0. The number of anilines is 2. The molecule has 0 bridgehead atoms. The van der Waals surface area contributed by atoms with E-state index in [0.717, 1.165) is 16.5 Å². The van der Waals surface area contributed by atoms with Crippen molar-refractivity contribution < 1.29 is 4.39 Å². The van der Waals surface area contributed by atoms with E-state index >= 15 is 0 Å². The van der Waals surface area contributed by atoms with Crippen LogP contribution < -0.4 is 5.32 Å². The van der Waals surface area contributed by atoms with Gasteiger partial charge in [0.05, 0.1) is 11.3 Å². The molecule has 0 amide bonds. The lowest BCUT2D eigenvalue weighted by atomic mass is 10.1. The van der Waals surface area contributed by atoms with Crippen molar-refractivity contribution in [3.8, 4) is 6.07 Å². The second-order valence-corrected chi connectivity index (χ2v) is 4.49. The van der Waals surface area contributed by atoms with Crippen LogP contribution in [0.1, 0.15) is 5.56 Å². The van der Waals surface area contributed by atoms with Gasteiger partial charge in [0.25, 0.3) is 0 Å². The maximum atomic E-state index is 13.1. The van der Waals surface area contributed by atoms with Gasteiger partial charge >= 0.3 is 0 Å². The molecule has 3 heteroatoms. The van der Waals surface area contributed by atoms with E-state index in [1.54, 1.807) is 6.07 Å². The molecule has 0 aliphatic rings. The summed E-state index contributed by atoms with van der Waals surface area (Å²) in [5.74, 6) is -0.411. The Labute approximate surface area is 116 Å². The van der Waals surface area contributed by atoms with Crippen LogP contribution in [0.4, 0.5) is 15.8 Å². The van der Waals surface area contributed by atoms with Crippen molar-refractivity contribution in [1.29, 1.82) is 5.26 Å². The molecular formula is C17H11FN2. The van der Waals surface area contributed by atoms with E-state index in [1.807, 2.05) is 48.5 Å². The van der Waals surface area contributed by atoms with Gasteiger partial charge in [0.15, 0.2) is 0 Å². The molecule has 3 aromatic carbocycles. The van der Waals surface area contributed by atoms with Gasteiger partial charge in [-0.25, -0.2) is 4.39 Å². The zero-order valence-corrected chi connectivity index (χ0v) is 10.6. The molecule has 20 heavy (non-hydrogen) atoms. The van der Waals surface area contributed by atoms with Crippen LogP contribution in [-0.4, -0.2) is 0 Å². The van der Waals surface area contributed by atoms with E-state index in [1.165, 1.54) is 12.1 Å². The first-order valence-corrected chi connectivity index (χ1v) is 6.22. The highest BCUT2D eigenvalue weighted by Gasteiger charge is 2.04. The number of nitrogens with one attached hydrogen (secondary N) is 1. The van der Waals surface area contributed by atoms with Crippen LogP contribution in [0.5, 0.6) is 0 Å². The molecule has 0 spiro atoms. The lowest BCUT2D eigenvalue weighted by Gasteiger charge is -2.09. The molecule has 1 N–H and O–H groups in total. The molecule has 0 aliphatic heterocycles. The normalized spacial score (nSPS) is 10.2. The number of fused-ring (bicyclic) bond motifs is 1. The smallest absolute Gasteiger partial charge is 0.124 e. The van der Waals surface area contributed by atoms with Crippen molar-refractivity contribution in [2.45, 2.75) is 0 Å². The van der Waals surface area contributed by atoms with E-state index < -0.39 is 5.82 Å². The zero-order valence-electron chi connectivity index (χ0n) is 10.6. The second-order valence-electron chi connectivity index (χ2n) is 4.49. The molecule has 3 aromatic rings. The first-order chi connectivity index (χ1) is 9.76. The predicted octanol–water partition coefficient (Wildman–Crippen LogP) is 4.59. The molecule has 0 aromatic heterocycles. The first kappa shape index (κ1) is 12.2. The Kier molecular flexibility index (Phi) is 3.06. The van der Waals surface area contributed by atoms with E-state index in [2.05, 4.69) is 5.32 Å². The molecular weight excluding hydrogens is 251 g/mol. The Morgan fingerprint density at radius 2 is 1.70 bits per heavy atom. The van der Waals surface area contributed by atoms with Crippen LogP contribution in [0, 0.1) is 17.1 Å². The molecule has 0 radical (unpaired) electrons. The maximum Gasteiger partial charge on any atom is 0.124 e. The fraction of sp³-hybridized carbons (Fsp3) is 0. The fourth-order valence-corrected chi connectivity index (χ4v) is 2.14. The van der Waals surface area contributed by atoms with E-state index in [9.17, 15) is 4.39 Å². The number of hydrogen-bond acceptors (Lipinski definition) is 2. The Morgan fingerprint density at radius 3 is 2.50 bits per heavy atom. The Bertz CT molecular complexity index is 819. The third-order valence-electron chi connectivity index (χ3n) is 3.13. The fourth-order valence-electron chi connectivity index (χ4n) is 2.14. The van der Waals surface area contributed by atoms with E-state index in [-0.39, 0.29) is 5.56 Å². The molecule has 96 valence electrons. The number of rotatable bonds is 2. The van der Waals surface area contributed by atoms with Crippen LogP contribution in [0.2, 0.25) is 0 Å². The standard InChI is InChI=1S/C17H11FN2/c18-15-6-8-17(14(9-15)11-19)20-16-7-5-12-3-1-2-4-13(12)10-16/h1-10,20H. The molecule has 0 atom stereocenters. The minimum absolute atomic E-state index is 0.290.